The Morgan fingerprint density at radius 1 is 0.704 bits per heavy atom. The molecule has 0 aliphatic heterocycles. The lowest BCUT2D eigenvalue weighted by Gasteiger charge is -2.00. The third kappa shape index (κ3) is 8.59. The Kier molecular flexibility index (Phi) is 8.99. The molecule has 0 radical (unpaired) electrons. The fourth-order valence-corrected chi connectivity index (χ4v) is 1.90. The summed E-state index contributed by atoms with van der Waals surface area (Å²) in [5.74, 6) is -0.214. The van der Waals surface area contributed by atoms with E-state index in [-0.39, 0.29) is 11.5 Å². The molecule has 0 bridgehead atoms. The lowest BCUT2D eigenvalue weighted by atomic mass is 10.0. The van der Waals surface area contributed by atoms with Crippen LogP contribution in [0.25, 0.3) is 0 Å². The fraction of sp³-hybridized carbons (Fsp3) is 0. The molecule has 0 saturated carbocycles. The molecule has 138 valence electrons. The zero-order valence-electron chi connectivity index (χ0n) is 14.1. The van der Waals surface area contributed by atoms with Gasteiger partial charge in [-0.1, -0.05) is 78.9 Å². The lowest BCUT2D eigenvalue weighted by molar-refractivity contribution is -0.384. The van der Waals surface area contributed by atoms with E-state index in [0.717, 1.165) is 0 Å². The molecule has 0 aliphatic carbocycles. The van der Waals surface area contributed by atoms with Crippen LogP contribution in [-0.4, -0.2) is 27.1 Å². The van der Waals surface area contributed by atoms with Gasteiger partial charge in [0.2, 0.25) is 0 Å². The van der Waals surface area contributed by atoms with Gasteiger partial charge in [0.1, 0.15) is 0 Å². The molecule has 0 saturated heterocycles. The molecule has 0 fully saturated rings. The average Bonchev–Trinajstić information content (AvgIpc) is 2.69. The van der Waals surface area contributed by atoms with Crippen molar-refractivity contribution in [2.45, 2.75) is 0 Å². The summed E-state index contributed by atoms with van der Waals surface area (Å²) in [5, 5.41) is 24.6. The van der Waals surface area contributed by atoms with Gasteiger partial charge >= 0.3 is 6.16 Å². The summed E-state index contributed by atoms with van der Waals surface area (Å²) < 4.78 is 0. The number of carboxylic acid groups (broad SMARTS) is 2. The van der Waals surface area contributed by atoms with E-state index in [1.807, 2.05) is 42.5 Å². The van der Waals surface area contributed by atoms with E-state index in [4.69, 9.17) is 15.0 Å². The number of rotatable bonds is 3. The van der Waals surface area contributed by atoms with Crippen LogP contribution < -0.4 is 0 Å². The Morgan fingerprint density at radius 2 is 1.11 bits per heavy atom. The van der Waals surface area contributed by atoms with Crippen molar-refractivity contribution in [2.24, 2.45) is 0 Å². The first-order valence-electron chi connectivity index (χ1n) is 7.68. The number of nitro groups is 1. The number of nitro benzene ring substituents is 1. The zero-order valence-corrected chi connectivity index (χ0v) is 14.1. The minimum Gasteiger partial charge on any atom is -0.450 e. The molecule has 0 aliphatic rings. The second-order valence-electron chi connectivity index (χ2n) is 4.94. The highest BCUT2D eigenvalue weighted by molar-refractivity contribution is 6.09. The van der Waals surface area contributed by atoms with Crippen LogP contribution in [0.2, 0.25) is 0 Å². The minimum absolute atomic E-state index is 0.0771. The van der Waals surface area contributed by atoms with Crippen molar-refractivity contribution in [2.75, 3.05) is 0 Å². The van der Waals surface area contributed by atoms with Gasteiger partial charge in [-0.05, 0) is 0 Å². The fourth-order valence-electron chi connectivity index (χ4n) is 1.90. The molecule has 0 unspecified atom stereocenters. The molecule has 2 N–H and O–H groups in total. The van der Waals surface area contributed by atoms with E-state index < -0.39 is 11.1 Å². The third-order valence-electron chi connectivity index (χ3n) is 3.02. The Bertz CT molecular complexity index is 835. The van der Waals surface area contributed by atoms with Crippen molar-refractivity contribution in [3.8, 4) is 0 Å². The highest BCUT2D eigenvalue weighted by Gasteiger charge is 2.12. The molecule has 3 aromatic rings. The molecule has 0 atom stereocenters. The Balaban J connectivity index is 0.000000299. The maximum Gasteiger partial charge on any atom is 0.503 e. The van der Waals surface area contributed by atoms with Crippen LogP contribution in [0, 0.1) is 10.1 Å². The lowest BCUT2D eigenvalue weighted by Crippen LogP contribution is -2.01. The van der Waals surface area contributed by atoms with E-state index in [0.29, 0.717) is 11.1 Å². The normalized spacial score (nSPS) is 8.89. The maximum atomic E-state index is 12.0. The van der Waals surface area contributed by atoms with Gasteiger partial charge in [-0.3, -0.25) is 14.9 Å². The topological polar surface area (TPSA) is 118 Å². The van der Waals surface area contributed by atoms with Crippen molar-refractivity contribution in [3.05, 3.63) is 112 Å². The highest BCUT2D eigenvalue weighted by Crippen LogP contribution is 2.16. The van der Waals surface area contributed by atoms with Gasteiger partial charge in [-0.15, -0.1) is 0 Å². The van der Waals surface area contributed by atoms with E-state index in [9.17, 15) is 14.9 Å². The number of hydrogen-bond acceptors (Lipinski definition) is 4. The van der Waals surface area contributed by atoms with Crippen LogP contribution in [0.3, 0.4) is 0 Å². The van der Waals surface area contributed by atoms with Gasteiger partial charge in [0.25, 0.3) is 5.69 Å². The molecule has 0 spiro atoms. The summed E-state index contributed by atoms with van der Waals surface area (Å²) in [6, 6.07) is 26.4. The highest BCUT2D eigenvalue weighted by atomic mass is 16.6. The molecule has 3 aromatic carbocycles. The second kappa shape index (κ2) is 11.5. The van der Waals surface area contributed by atoms with Gasteiger partial charge in [0.05, 0.1) is 4.92 Å². The Labute approximate surface area is 155 Å². The number of carbonyl (C=O) groups is 2. The standard InChI is InChI=1S/C13H9NO3.C6H6.CH2O3/c15-13(10-5-2-1-3-6-10)11-7-4-8-12(9-11)14(16)17;1-2-4-6-5-3-1;2-1(3)4/h1-9H;1-6H;(H2,2,3,4). The summed E-state index contributed by atoms with van der Waals surface area (Å²) in [6.45, 7) is 0. The molecule has 0 heterocycles. The molecule has 7 heteroatoms. The Hall–Kier alpha value is -4.00. The SMILES string of the molecule is O=C(O)O.O=C(c1ccccc1)c1cccc([N+](=O)[O-])c1.c1ccccc1. The summed E-state index contributed by atoms with van der Waals surface area (Å²) in [5.41, 5.74) is 0.769. The molecule has 0 aromatic heterocycles. The molecular formula is C20H17NO6. The number of nitrogens with zero attached hydrogens (tertiary/aromatic N) is 1. The van der Waals surface area contributed by atoms with Gasteiger partial charge in [-0.25, -0.2) is 4.79 Å². The number of ketones is 1. The monoisotopic (exact) mass is 367 g/mol. The maximum absolute atomic E-state index is 12.0. The van der Waals surface area contributed by atoms with Gasteiger partial charge in [-0.2, -0.15) is 0 Å². The van der Waals surface area contributed by atoms with E-state index in [2.05, 4.69) is 0 Å². The van der Waals surface area contributed by atoms with Crippen molar-refractivity contribution >= 4 is 17.6 Å². The van der Waals surface area contributed by atoms with Crippen molar-refractivity contribution in [1.82, 2.24) is 0 Å². The average molecular weight is 367 g/mol. The van der Waals surface area contributed by atoms with E-state index in [1.54, 1.807) is 30.3 Å². The van der Waals surface area contributed by atoms with Crippen molar-refractivity contribution in [3.63, 3.8) is 0 Å². The molecule has 7 nitrogen and oxygen atoms in total. The first-order chi connectivity index (χ1) is 12.9. The zero-order chi connectivity index (χ0) is 20.1. The molecular weight excluding hydrogens is 350 g/mol. The minimum atomic E-state index is -1.83. The molecule has 0 amide bonds. The van der Waals surface area contributed by atoms with E-state index >= 15 is 0 Å². The first-order valence-corrected chi connectivity index (χ1v) is 7.68. The second-order valence-corrected chi connectivity index (χ2v) is 4.94. The summed E-state index contributed by atoms with van der Waals surface area (Å²) in [6.07, 6.45) is -1.83. The number of benzene rings is 3. The van der Waals surface area contributed by atoms with E-state index in [1.165, 1.54) is 18.2 Å². The number of non-ortho nitro benzene ring substituents is 1. The largest absolute Gasteiger partial charge is 0.503 e. The van der Waals surface area contributed by atoms with Gasteiger partial charge < -0.3 is 10.2 Å². The van der Waals surface area contributed by atoms with Crippen LogP contribution in [0.4, 0.5) is 10.5 Å². The quantitative estimate of drug-likeness (QED) is 0.392. The van der Waals surface area contributed by atoms with Crippen molar-refractivity contribution in [1.29, 1.82) is 0 Å². The molecule has 27 heavy (non-hydrogen) atoms. The smallest absolute Gasteiger partial charge is 0.450 e. The summed E-state index contributed by atoms with van der Waals surface area (Å²) in [7, 11) is 0. The van der Waals surface area contributed by atoms with Crippen molar-refractivity contribution < 1.29 is 24.7 Å². The van der Waals surface area contributed by atoms with Gasteiger partial charge in [0.15, 0.2) is 5.78 Å². The number of carbonyl (C=O) groups excluding carboxylic acids is 1. The third-order valence-corrected chi connectivity index (χ3v) is 3.02. The summed E-state index contributed by atoms with van der Waals surface area (Å²) in [4.78, 5) is 30.6. The van der Waals surface area contributed by atoms with Crippen LogP contribution in [-0.2, 0) is 0 Å². The number of hydrogen-bond donors (Lipinski definition) is 2. The molecule has 3 rings (SSSR count). The van der Waals surface area contributed by atoms with Crippen LogP contribution in [0.15, 0.2) is 91.0 Å². The first kappa shape index (κ1) is 21.0. The van der Waals surface area contributed by atoms with Crippen LogP contribution in [0.5, 0.6) is 0 Å². The predicted molar refractivity (Wildman–Crippen MR) is 100 cm³/mol. The summed E-state index contributed by atoms with van der Waals surface area (Å²) >= 11 is 0. The Morgan fingerprint density at radius 3 is 1.56 bits per heavy atom. The van der Waals surface area contributed by atoms with Crippen LogP contribution >= 0.6 is 0 Å². The van der Waals surface area contributed by atoms with Crippen LogP contribution in [0.1, 0.15) is 15.9 Å². The van der Waals surface area contributed by atoms with Gasteiger partial charge in [0, 0.05) is 23.3 Å². The predicted octanol–water partition coefficient (Wildman–Crippen LogP) is 4.73.